The number of rotatable bonds is 11. The van der Waals surface area contributed by atoms with Crippen molar-refractivity contribution < 1.29 is 32.6 Å². The van der Waals surface area contributed by atoms with Crippen LogP contribution in [0.15, 0.2) is 97.1 Å². The van der Waals surface area contributed by atoms with Crippen LogP contribution >= 0.6 is 11.6 Å². The molecule has 0 spiro atoms. The molecule has 0 bridgehead atoms. The SMILES string of the molecule is Cc1c(C(=O)Nc2ccc(OCc3ccccc3)cc2)cc(-c2cc(Cl)c(OC(F)F)cc2C(=O)N2Cc3ccccc3CC2CN2CCOCC2)n1C. The Bertz CT molecular complexity index is 2120. The Hall–Kier alpha value is -5.23. The van der Waals surface area contributed by atoms with Gasteiger partial charge in [0.05, 0.1) is 29.4 Å². The van der Waals surface area contributed by atoms with Gasteiger partial charge in [-0.2, -0.15) is 8.78 Å². The van der Waals surface area contributed by atoms with Gasteiger partial charge >= 0.3 is 6.61 Å². The molecule has 0 aliphatic carbocycles. The minimum Gasteiger partial charge on any atom is -0.489 e. The number of carbonyl (C=O) groups excluding carboxylic acids is 2. The lowest BCUT2D eigenvalue weighted by molar-refractivity contribution is -0.0498. The normalized spacial score (nSPS) is 15.9. The number of aromatic nitrogens is 1. The number of hydrogen-bond acceptors (Lipinski definition) is 6. The van der Waals surface area contributed by atoms with Crippen molar-refractivity contribution in [2.24, 2.45) is 7.05 Å². The molecule has 1 unspecified atom stereocenters. The summed E-state index contributed by atoms with van der Waals surface area (Å²) in [4.78, 5) is 32.6. The van der Waals surface area contributed by atoms with Crippen molar-refractivity contribution in [1.29, 1.82) is 0 Å². The predicted octanol–water partition coefficient (Wildman–Crippen LogP) is 7.99. The Morgan fingerprint density at radius 3 is 2.35 bits per heavy atom. The van der Waals surface area contributed by atoms with Crippen LogP contribution in [0.3, 0.4) is 0 Å². The van der Waals surface area contributed by atoms with Crippen molar-refractivity contribution in [1.82, 2.24) is 14.4 Å². The van der Waals surface area contributed by atoms with Gasteiger partial charge in [-0.05, 0) is 72.5 Å². The molecule has 54 heavy (non-hydrogen) atoms. The lowest BCUT2D eigenvalue weighted by atomic mass is 9.92. The lowest BCUT2D eigenvalue weighted by Crippen LogP contribution is -2.52. The summed E-state index contributed by atoms with van der Waals surface area (Å²) < 4.78 is 45.2. The minimum atomic E-state index is -3.15. The summed E-state index contributed by atoms with van der Waals surface area (Å²) in [6.07, 6.45) is 0.635. The number of nitrogens with zero attached hydrogens (tertiary/aromatic N) is 3. The van der Waals surface area contributed by atoms with E-state index in [-0.39, 0.29) is 34.2 Å². The standard InChI is InChI=1S/C42H41ClF2N4O5/c1-27-34(40(50)46-31-12-14-33(15-13-31)53-26-28-8-4-3-5-9-28)22-38(47(27)2)35-21-37(43)39(54-42(44)45)23-36(35)41(51)49-24-30-11-7-6-10-29(30)20-32(49)25-48-16-18-52-19-17-48/h3-15,21-23,32,42H,16-20,24-26H2,1-2H3,(H,46,50). The second-order valence-corrected chi connectivity index (χ2v) is 13.9. The second kappa shape index (κ2) is 16.4. The smallest absolute Gasteiger partial charge is 0.387 e. The fourth-order valence-electron chi connectivity index (χ4n) is 7.11. The first-order valence-corrected chi connectivity index (χ1v) is 18.2. The zero-order valence-electron chi connectivity index (χ0n) is 30.1. The van der Waals surface area contributed by atoms with Crippen molar-refractivity contribution >= 4 is 29.1 Å². The van der Waals surface area contributed by atoms with Crippen LogP contribution in [-0.2, 0) is 31.4 Å². The van der Waals surface area contributed by atoms with Gasteiger partial charge in [0, 0.05) is 61.9 Å². The van der Waals surface area contributed by atoms with Crippen LogP contribution < -0.4 is 14.8 Å². The van der Waals surface area contributed by atoms with Crippen molar-refractivity contribution in [3.8, 4) is 22.8 Å². The van der Waals surface area contributed by atoms with Gasteiger partial charge in [0.2, 0.25) is 0 Å². The summed E-state index contributed by atoms with van der Waals surface area (Å²) in [6.45, 7) is 2.76. The lowest BCUT2D eigenvalue weighted by Gasteiger charge is -2.40. The molecule has 5 aromatic rings. The number of hydrogen-bond donors (Lipinski definition) is 1. The molecule has 7 rings (SSSR count). The fraction of sp³-hybridized carbons (Fsp3) is 0.286. The molecule has 1 saturated heterocycles. The summed E-state index contributed by atoms with van der Waals surface area (Å²) in [7, 11) is 1.78. The van der Waals surface area contributed by atoms with Crippen molar-refractivity contribution in [2.45, 2.75) is 39.1 Å². The van der Waals surface area contributed by atoms with E-state index in [4.69, 9.17) is 25.8 Å². The number of nitrogens with one attached hydrogen (secondary N) is 1. The van der Waals surface area contributed by atoms with Crippen molar-refractivity contribution in [2.75, 3.05) is 38.2 Å². The monoisotopic (exact) mass is 754 g/mol. The summed E-state index contributed by atoms with van der Waals surface area (Å²) in [5.41, 5.74) is 5.84. The summed E-state index contributed by atoms with van der Waals surface area (Å²) in [5.74, 6) is -0.358. The van der Waals surface area contributed by atoms with E-state index >= 15 is 0 Å². The Morgan fingerprint density at radius 2 is 1.63 bits per heavy atom. The number of halogens is 3. The topological polar surface area (TPSA) is 85.3 Å². The van der Waals surface area contributed by atoms with Gasteiger partial charge in [0.25, 0.3) is 11.8 Å². The number of carbonyl (C=O) groups is 2. The molecule has 1 atom stereocenters. The Morgan fingerprint density at radius 1 is 0.926 bits per heavy atom. The number of benzene rings is 4. The maximum absolute atomic E-state index is 14.8. The number of amides is 2. The average Bonchev–Trinajstić information content (AvgIpc) is 3.48. The first-order chi connectivity index (χ1) is 26.1. The highest BCUT2D eigenvalue weighted by Gasteiger charge is 2.34. The highest BCUT2D eigenvalue weighted by atomic mass is 35.5. The first-order valence-electron chi connectivity index (χ1n) is 17.9. The number of morpholine rings is 1. The third-order valence-electron chi connectivity index (χ3n) is 10.1. The van der Waals surface area contributed by atoms with Crippen LogP contribution in [0, 0.1) is 6.92 Å². The van der Waals surface area contributed by atoms with Gasteiger partial charge in [0.15, 0.2) is 0 Å². The fourth-order valence-corrected chi connectivity index (χ4v) is 7.32. The van der Waals surface area contributed by atoms with E-state index in [0.717, 1.165) is 24.2 Å². The molecular formula is C42H41ClF2N4O5. The molecule has 0 saturated carbocycles. The van der Waals surface area contributed by atoms with Crippen molar-refractivity contribution in [3.05, 3.63) is 136 Å². The number of alkyl halides is 2. The van der Waals surface area contributed by atoms with Gasteiger partial charge in [-0.1, -0.05) is 66.2 Å². The van der Waals surface area contributed by atoms with E-state index in [0.29, 0.717) is 73.3 Å². The quantitative estimate of drug-likeness (QED) is 0.147. The molecule has 280 valence electrons. The largest absolute Gasteiger partial charge is 0.489 e. The minimum absolute atomic E-state index is 0.0878. The van der Waals surface area contributed by atoms with E-state index in [9.17, 15) is 18.4 Å². The third kappa shape index (κ3) is 8.28. The molecule has 2 aliphatic heterocycles. The molecule has 4 aromatic carbocycles. The first kappa shape index (κ1) is 37.1. The van der Waals surface area contributed by atoms with Crippen molar-refractivity contribution in [3.63, 3.8) is 0 Å². The molecule has 0 radical (unpaired) electrons. The molecule has 2 aliphatic rings. The maximum Gasteiger partial charge on any atom is 0.387 e. The van der Waals surface area contributed by atoms with Gasteiger partial charge in [-0.25, -0.2) is 0 Å². The Kier molecular flexibility index (Phi) is 11.3. The van der Waals surface area contributed by atoms with Crippen LogP contribution in [0.4, 0.5) is 14.5 Å². The Labute approximate surface area is 318 Å². The number of anilines is 1. The van der Waals surface area contributed by atoms with E-state index in [2.05, 4.69) is 16.3 Å². The molecule has 12 heteroatoms. The molecule has 2 amide bonds. The van der Waals surface area contributed by atoms with E-state index in [1.807, 2.05) is 53.4 Å². The van der Waals surface area contributed by atoms with E-state index in [1.165, 1.54) is 17.7 Å². The summed E-state index contributed by atoms with van der Waals surface area (Å²) >= 11 is 6.55. The Balaban J connectivity index is 1.18. The molecular weight excluding hydrogens is 714 g/mol. The summed E-state index contributed by atoms with van der Waals surface area (Å²) in [5, 5.41) is 2.86. The van der Waals surface area contributed by atoms with Crippen LogP contribution in [0.5, 0.6) is 11.5 Å². The number of fused-ring (bicyclic) bond motifs is 1. The molecule has 1 aromatic heterocycles. The third-order valence-corrected chi connectivity index (χ3v) is 10.4. The molecule has 9 nitrogen and oxygen atoms in total. The van der Waals surface area contributed by atoms with Crippen LogP contribution in [0.25, 0.3) is 11.3 Å². The van der Waals surface area contributed by atoms with Crippen LogP contribution in [0.1, 0.15) is 43.1 Å². The zero-order chi connectivity index (χ0) is 37.8. The van der Waals surface area contributed by atoms with E-state index in [1.54, 1.807) is 48.9 Å². The van der Waals surface area contributed by atoms with E-state index < -0.39 is 6.61 Å². The summed E-state index contributed by atoms with van der Waals surface area (Å²) in [6, 6.07) is 29.2. The van der Waals surface area contributed by atoms with Gasteiger partial charge < -0.3 is 29.0 Å². The predicted molar refractivity (Wildman–Crippen MR) is 203 cm³/mol. The van der Waals surface area contributed by atoms with Crippen LogP contribution in [-0.4, -0.2) is 71.7 Å². The second-order valence-electron chi connectivity index (χ2n) is 13.5. The van der Waals surface area contributed by atoms with Gasteiger partial charge in [-0.3, -0.25) is 14.5 Å². The molecule has 3 heterocycles. The average molecular weight is 755 g/mol. The highest BCUT2D eigenvalue weighted by molar-refractivity contribution is 6.32. The van der Waals surface area contributed by atoms with Gasteiger partial charge in [-0.15, -0.1) is 0 Å². The molecule has 1 fully saturated rings. The molecule has 1 N–H and O–H groups in total. The number of ether oxygens (including phenoxy) is 3. The van der Waals surface area contributed by atoms with Gasteiger partial charge in [0.1, 0.15) is 18.1 Å². The zero-order valence-corrected chi connectivity index (χ0v) is 30.8. The maximum atomic E-state index is 14.8. The highest BCUT2D eigenvalue weighted by Crippen LogP contribution is 2.38. The van der Waals surface area contributed by atoms with Crippen LogP contribution in [0.2, 0.25) is 5.02 Å².